The number of ether oxygens (including phenoxy) is 1. The summed E-state index contributed by atoms with van der Waals surface area (Å²) in [4.78, 5) is 0. The van der Waals surface area contributed by atoms with E-state index in [0.29, 0.717) is 0 Å². The van der Waals surface area contributed by atoms with Crippen LogP contribution in [-0.4, -0.2) is 12.7 Å². The highest BCUT2D eigenvalue weighted by atomic mass is 16.5. The van der Waals surface area contributed by atoms with Crippen molar-refractivity contribution >= 4 is 0 Å². The van der Waals surface area contributed by atoms with Gasteiger partial charge in [0, 0.05) is 7.11 Å². The number of hydrogen-bond acceptors (Lipinski definition) is 2. The van der Waals surface area contributed by atoms with Crippen LogP contribution in [0.5, 0.6) is 0 Å². The van der Waals surface area contributed by atoms with Gasteiger partial charge in [0.15, 0.2) is 0 Å². The van der Waals surface area contributed by atoms with Gasteiger partial charge in [-0.05, 0) is 30.5 Å². The maximum absolute atomic E-state index is 6.25. The zero-order valence-electron chi connectivity index (χ0n) is 11.8. The molecule has 1 atom stereocenters. The molecule has 2 N–H and O–H groups in total. The van der Waals surface area contributed by atoms with E-state index in [1.807, 2.05) is 32.0 Å². The van der Waals surface area contributed by atoms with Crippen molar-refractivity contribution in [2.45, 2.75) is 25.5 Å². The summed E-state index contributed by atoms with van der Waals surface area (Å²) in [5, 5.41) is 0. The van der Waals surface area contributed by atoms with E-state index in [1.165, 1.54) is 11.1 Å². The molecule has 0 aliphatic carbocycles. The van der Waals surface area contributed by atoms with Crippen molar-refractivity contribution in [3.63, 3.8) is 0 Å². The summed E-state index contributed by atoms with van der Waals surface area (Å²) in [5.74, 6) is 0. The lowest BCUT2D eigenvalue weighted by Gasteiger charge is -2.30. The van der Waals surface area contributed by atoms with Crippen LogP contribution >= 0.6 is 0 Å². The molecule has 0 spiro atoms. The molecule has 100 valence electrons. The highest BCUT2D eigenvalue weighted by Crippen LogP contribution is 2.28. The van der Waals surface area contributed by atoms with Crippen molar-refractivity contribution in [2.75, 3.05) is 7.11 Å². The zero-order valence-corrected chi connectivity index (χ0v) is 11.8. The monoisotopic (exact) mass is 255 g/mol. The average Bonchev–Trinajstić information content (AvgIpc) is 2.47. The number of nitrogens with two attached hydrogens (primary N) is 1. The first-order valence-corrected chi connectivity index (χ1v) is 6.51. The molecule has 0 fully saturated rings. The summed E-state index contributed by atoms with van der Waals surface area (Å²) in [5.41, 5.74) is 9.39. The van der Waals surface area contributed by atoms with Gasteiger partial charge in [-0.3, -0.25) is 0 Å². The van der Waals surface area contributed by atoms with Crippen molar-refractivity contribution in [1.29, 1.82) is 0 Å². The van der Waals surface area contributed by atoms with Gasteiger partial charge in [-0.15, -0.1) is 0 Å². The van der Waals surface area contributed by atoms with Gasteiger partial charge in [0.2, 0.25) is 0 Å². The fourth-order valence-corrected chi connectivity index (χ4v) is 2.04. The number of hydrogen-bond donors (Lipinski definition) is 1. The topological polar surface area (TPSA) is 35.2 Å². The van der Waals surface area contributed by atoms with Crippen molar-refractivity contribution in [3.8, 4) is 11.1 Å². The minimum atomic E-state index is -0.367. The molecule has 2 rings (SSSR count). The molecule has 0 saturated carbocycles. The molecule has 0 aliphatic heterocycles. The third kappa shape index (κ3) is 3.03. The first kappa shape index (κ1) is 13.8. The second-order valence-corrected chi connectivity index (χ2v) is 5.27. The maximum atomic E-state index is 6.25. The minimum absolute atomic E-state index is 0.137. The Kier molecular flexibility index (Phi) is 4.03. The van der Waals surface area contributed by atoms with Crippen molar-refractivity contribution in [2.24, 2.45) is 5.73 Å². The smallest absolute Gasteiger partial charge is 0.0814 e. The van der Waals surface area contributed by atoms with Gasteiger partial charge in [-0.25, -0.2) is 0 Å². The van der Waals surface area contributed by atoms with Crippen molar-refractivity contribution in [1.82, 2.24) is 0 Å². The molecule has 2 nitrogen and oxygen atoms in total. The molecule has 2 heteroatoms. The molecule has 0 aliphatic rings. The molecule has 0 saturated heterocycles. The molecule has 1 unspecified atom stereocenters. The van der Waals surface area contributed by atoms with Crippen LogP contribution < -0.4 is 5.73 Å². The summed E-state index contributed by atoms with van der Waals surface area (Å²) in [6.07, 6.45) is 0. The predicted octanol–water partition coefficient (Wildman–Crippen LogP) is 3.78. The Balaban J connectivity index is 2.24. The number of benzene rings is 2. The van der Waals surface area contributed by atoms with E-state index in [4.69, 9.17) is 10.5 Å². The van der Waals surface area contributed by atoms with E-state index in [9.17, 15) is 0 Å². The summed E-state index contributed by atoms with van der Waals surface area (Å²) in [7, 11) is 1.69. The molecule has 19 heavy (non-hydrogen) atoms. The number of rotatable bonds is 4. The van der Waals surface area contributed by atoms with Crippen LogP contribution in [0.25, 0.3) is 11.1 Å². The Morgan fingerprint density at radius 1 is 0.895 bits per heavy atom. The zero-order chi connectivity index (χ0) is 13.9. The van der Waals surface area contributed by atoms with Crippen LogP contribution in [0.2, 0.25) is 0 Å². The van der Waals surface area contributed by atoms with Crippen LogP contribution in [0.3, 0.4) is 0 Å². The molecule has 0 aromatic heterocycles. The van der Waals surface area contributed by atoms with Crippen LogP contribution in [0.1, 0.15) is 25.5 Å². The Bertz CT molecular complexity index is 517. The predicted molar refractivity (Wildman–Crippen MR) is 79.9 cm³/mol. The second kappa shape index (κ2) is 5.55. The van der Waals surface area contributed by atoms with E-state index in [1.54, 1.807) is 7.11 Å². The Morgan fingerprint density at radius 2 is 1.42 bits per heavy atom. The van der Waals surface area contributed by atoms with E-state index in [0.717, 1.165) is 5.56 Å². The van der Waals surface area contributed by atoms with Crippen LogP contribution in [0.4, 0.5) is 0 Å². The summed E-state index contributed by atoms with van der Waals surface area (Å²) in [6, 6.07) is 18.6. The Hall–Kier alpha value is -1.64. The lowest BCUT2D eigenvalue weighted by Crippen LogP contribution is -2.37. The molecular formula is C17H21NO. The van der Waals surface area contributed by atoms with Gasteiger partial charge >= 0.3 is 0 Å². The molecular weight excluding hydrogens is 234 g/mol. The fraction of sp³-hybridized carbons (Fsp3) is 0.294. The van der Waals surface area contributed by atoms with Crippen LogP contribution in [0, 0.1) is 0 Å². The quantitative estimate of drug-likeness (QED) is 0.902. The molecule has 2 aromatic carbocycles. The largest absolute Gasteiger partial charge is 0.377 e. The third-order valence-electron chi connectivity index (χ3n) is 3.65. The number of methoxy groups -OCH3 is 1. The van der Waals surface area contributed by atoms with Crippen LogP contribution in [0.15, 0.2) is 54.6 Å². The minimum Gasteiger partial charge on any atom is -0.377 e. The third-order valence-corrected chi connectivity index (χ3v) is 3.65. The van der Waals surface area contributed by atoms with Gasteiger partial charge in [0.25, 0.3) is 0 Å². The SMILES string of the molecule is COC(C)(C)C(N)c1ccc(-c2ccccc2)cc1. The Labute approximate surface area is 115 Å². The standard InChI is InChI=1S/C17H21NO/c1-17(2,19-3)16(18)15-11-9-14(10-12-15)13-7-5-4-6-8-13/h4-12,16H,18H2,1-3H3. The summed E-state index contributed by atoms with van der Waals surface area (Å²) >= 11 is 0. The molecule has 0 heterocycles. The van der Waals surface area contributed by atoms with E-state index >= 15 is 0 Å². The second-order valence-electron chi connectivity index (χ2n) is 5.27. The van der Waals surface area contributed by atoms with Crippen molar-refractivity contribution in [3.05, 3.63) is 60.2 Å². The normalized spacial score (nSPS) is 13.3. The fourth-order valence-electron chi connectivity index (χ4n) is 2.04. The van der Waals surface area contributed by atoms with Gasteiger partial charge in [-0.1, -0.05) is 54.6 Å². The molecule has 2 aromatic rings. The van der Waals surface area contributed by atoms with Crippen LogP contribution in [-0.2, 0) is 4.74 Å². The molecule has 0 radical (unpaired) electrons. The highest BCUT2D eigenvalue weighted by molar-refractivity contribution is 5.63. The maximum Gasteiger partial charge on any atom is 0.0814 e. The first-order valence-electron chi connectivity index (χ1n) is 6.51. The van der Waals surface area contributed by atoms with Gasteiger partial charge in [-0.2, -0.15) is 0 Å². The lowest BCUT2D eigenvalue weighted by molar-refractivity contribution is -0.0000277. The average molecular weight is 255 g/mol. The van der Waals surface area contributed by atoms with E-state index in [2.05, 4.69) is 36.4 Å². The van der Waals surface area contributed by atoms with E-state index < -0.39 is 0 Å². The summed E-state index contributed by atoms with van der Waals surface area (Å²) in [6.45, 7) is 4.01. The molecule has 0 amide bonds. The highest BCUT2D eigenvalue weighted by Gasteiger charge is 2.27. The van der Waals surface area contributed by atoms with Gasteiger partial charge < -0.3 is 10.5 Å². The van der Waals surface area contributed by atoms with Crippen molar-refractivity contribution < 1.29 is 4.74 Å². The lowest BCUT2D eigenvalue weighted by atomic mass is 9.91. The van der Waals surface area contributed by atoms with E-state index in [-0.39, 0.29) is 11.6 Å². The van der Waals surface area contributed by atoms with Gasteiger partial charge in [0.1, 0.15) is 0 Å². The molecule has 0 bridgehead atoms. The van der Waals surface area contributed by atoms with Gasteiger partial charge in [0.05, 0.1) is 11.6 Å². The summed E-state index contributed by atoms with van der Waals surface area (Å²) < 4.78 is 5.44. The Morgan fingerprint density at radius 3 is 1.95 bits per heavy atom. The first-order chi connectivity index (χ1) is 9.04.